The molecule has 2 heterocycles. The van der Waals surface area contributed by atoms with E-state index in [9.17, 15) is 8.42 Å². The van der Waals surface area contributed by atoms with Gasteiger partial charge in [0.15, 0.2) is 5.03 Å². The smallest absolute Gasteiger partial charge is 0.259 e. The summed E-state index contributed by atoms with van der Waals surface area (Å²) in [7, 11) is -0.149. The van der Waals surface area contributed by atoms with E-state index in [0.29, 0.717) is 12.6 Å². The number of sulfonamides is 1. The van der Waals surface area contributed by atoms with Gasteiger partial charge in [0.1, 0.15) is 0 Å². The van der Waals surface area contributed by atoms with Gasteiger partial charge in [-0.15, -0.1) is 0 Å². The summed E-state index contributed by atoms with van der Waals surface area (Å²) in [6.45, 7) is 1.58. The molecule has 0 bridgehead atoms. The van der Waals surface area contributed by atoms with Gasteiger partial charge in [0, 0.05) is 26.7 Å². The van der Waals surface area contributed by atoms with Gasteiger partial charge in [0.05, 0.1) is 6.20 Å². The van der Waals surface area contributed by atoms with E-state index in [4.69, 9.17) is 0 Å². The van der Waals surface area contributed by atoms with Crippen LogP contribution in [0, 0.1) is 0 Å². The summed E-state index contributed by atoms with van der Waals surface area (Å²) in [4.78, 5) is 0. The number of nitrogens with one attached hydrogen (secondary N) is 1. The number of nitrogens with zero attached hydrogens (tertiary/aromatic N) is 3. The Morgan fingerprint density at radius 2 is 2.32 bits per heavy atom. The van der Waals surface area contributed by atoms with E-state index < -0.39 is 10.0 Å². The van der Waals surface area contributed by atoms with E-state index in [0.717, 1.165) is 19.4 Å². The predicted octanol–water partition coefficient (Wildman–Crippen LogP) is 0.573. The van der Waals surface area contributed by atoms with Gasteiger partial charge in [-0.05, 0) is 31.9 Å². The first-order valence-electron chi connectivity index (χ1n) is 6.69. The molecule has 0 aromatic carbocycles. The van der Waals surface area contributed by atoms with Crippen LogP contribution in [0.4, 0.5) is 0 Å². The normalized spacial score (nSPS) is 20.9. The Hall–Kier alpha value is -0.920. The Balaban J connectivity index is 1.95. The van der Waals surface area contributed by atoms with Crippen molar-refractivity contribution in [3.8, 4) is 0 Å². The van der Waals surface area contributed by atoms with E-state index in [2.05, 4.69) is 10.4 Å². The highest BCUT2D eigenvalue weighted by molar-refractivity contribution is 7.89. The van der Waals surface area contributed by atoms with E-state index in [1.54, 1.807) is 14.1 Å². The molecule has 1 fully saturated rings. The first-order chi connectivity index (χ1) is 9.01. The molecule has 1 saturated heterocycles. The number of hydrogen-bond acceptors (Lipinski definition) is 4. The van der Waals surface area contributed by atoms with E-state index in [1.807, 2.05) is 0 Å². The largest absolute Gasteiger partial charge is 0.314 e. The van der Waals surface area contributed by atoms with Gasteiger partial charge >= 0.3 is 0 Å². The molecule has 1 aliphatic heterocycles. The van der Waals surface area contributed by atoms with Crippen LogP contribution in [-0.4, -0.2) is 48.7 Å². The van der Waals surface area contributed by atoms with Gasteiger partial charge in [-0.2, -0.15) is 9.40 Å². The molecule has 1 aromatic rings. The summed E-state index contributed by atoms with van der Waals surface area (Å²) in [6, 6.07) is 1.97. The van der Waals surface area contributed by atoms with Crippen molar-refractivity contribution in [3.63, 3.8) is 0 Å². The van der Waals surface area contributed by atoms with Gasteiger partial charge in [-0.3, -0.25) is 4.68 Å². The molecular weight excluding hydrogens is 264 g/mol. The molecule has 0 spiro atoms. The standard InChI is InChI=1S/C12H22N4O2S/c1-15(10-7-11-5-3-4-8-13-11)19(17,18)12-6-9-14-16(12)2/h6,9,11,13H,3-5,7-8,10H2,1-2H3. The molecule has 6 nitrogen and oxygen atoms in total. The molecule has 2 rings (SSSR count). The Morgan fingerprint density at radius 1 is 1.53 bits per heavy atom. The highest BCUT2D eigenvalue weighted by atomic mass is 32.2. The minimum absolute atomic E-state index is 0.242. The van der Waals surface area contributed by atoms with Crippen LogP contribution in [0.2, 0.25) is 0 Å². The van der Waals surface area contributed by atoms with Gasteiger partial charge in [0.2, 0.25) is 0 Å². The molecule has 0 aliphatic carbocycles. The summed E-state index contributed by atoms with van der Waals surface area (Å²) in [5.41, 5.74) is 0. The number of rotatable bonds is 5. The molecule has 1 aliphatic rings. The molecule has 7 heteroatoms. The SMILES string of the molecule is CN(CCC1CCCCN1)S(=O)(=O)c1ccnn1C. The highest BCUT2D eigenvalue weighted by Gasteiger charge is 2.24. The molecule has 0 amide bonds. The molecule has 1 N–H and O–H groups in total. The van der Waals surface area contributed by atoms with Gasteiger partial charge in [-0.1, -0.05) is 6.42 Å². The van der Waals surface area contributed by atoms with Gasteiger partial charge in [0.25, 0.3) is 10.0 Å². The fourth-order valence-electron chi connectivity index (χ4n) is 2.40. The van der Waals surface area contributed by atoms with Crippen LogP contribution >= 0.6 is 0 Å². The average molecular weight is 286 g/mol. The quantitative estimate of drug-likeness (QED) is 0.859. The fraction of sp³-hybridized carbons (Fsp3) is 0.750. The molecule has 0 radical (unpaired) electrons. The molecule has 108 valence electrons. The lowest BCUT2D eigenvalue weighted by atomic mass is 10.0. The Morgan fingerprint density at radius 3 is 2.89 bits per heavy atom. The maximum atomic E-state index is 12.3. The van der Waals surface area contributed by atoms with E-state index in [1.165, 1.54) is 34.1 Å². The van der Waals surface area contributed by atoms with Crippen LogP contribution in [0.15, 0.2) is 17.3 Å². The Labute approximate surface area is 114 Å². The second-order valence-electron chi connectivity index (χ2n) is 5.06. The molecule has 1 unspecified atom stereocenters. The monoisotopic (exact) mass is 286 g/mol. The third kappa shape index (κ3) is 3.34. The van der Waals surface area contributed by atoms with Crippen molar-refractivity contribution in [1.29, 1.82) is 0 Å². The highest BCUT2D eigenvalue weighted by Crippen LogP contribution is 2.15. The Bertz CT molecular complexity index is 506. The first kappa shape index (κ1) is 14.5. The molecule has 0 saturated carbocycles. The van der Waals surface area contributed by atoms with E-state index in [-0.39, 0.29) is 5.03 Å². The van der Waals surface area contributed by atoms with Crippen LogP contribution in [0.3, 0.4) is 0 Å². The number of hydrogen-bond donors (Lipinski definition) is 1. The number of aryl methyl sites for hydroxylation is 1. The minimum atomic E-state index is -3.42. The molecular formula is C12H22N4O2S. The van der Waals surface area contributed by atoms with E-state index >= 15 is 0 Å². The molecule has 1 aromatic heterocycles. The molecule has 1 atom stereocenters. The first-order valence-corrected chi connectivity index (χ1v) is 8.13. The van der Waals surface area contributed by atoms with Crippen LogP contribution in [0.5, 0.6) is 0 Å². The summed E-state index contributed by atoms with van der Waals surface area (Å²) < 4.78 is 27.5. The maximum absolute atomic E-state index is 12.3. The van der Waals surface area contributed by atoms with Crippen molar-refractivity contribution in [2.75, 3.05) is 20.1 Å². The van der Waals surface area contributed by atoms with Crippen molar-refractivity contribution in [2.45, 2.75) is 36.8 Å². The topological polar surface area (TPSA) is 67.2 Å². The zero-order chi connectivity index (χ0) is 13.9. The third-order valence-corrected chi connectivity index (χ3v) is 5.59. The summed E-state index contributed by atoms with van der Waals surface area (Å²) in [5.74, 6) is 0. The summed E-state index contributed by atoms with van der Waals surface area (Å²) in [6.07, 6.45) is 5.95. The summed E-state index contributed by atoms with van der Waals surface area (Å²) in [5, 5.41) is 7.59. The maximum Gasteiger partial charge on any atom is 0.259 e. The van der Waals surface area contributed by atoms with Gasteiger partial charge in [-0.25, -0.2) is 8.42 Å². The van der Waals surface area contributed by atoms with Crippen LogP contribution in [0.1, 0.15) is 25.7 Å². The zero-order valence-corrected chi connectivity index (χ0v) is 12.4. The third-order valence-electron chi connectivity index (χ3n) is 3.66. The van der Waals surface area contributed by atoms with Crippen LogP contribution in [0.25, 0.3) is 0 Å². The van der Waals surface area contributed by atoms with Crippen molar-refractivity contribution >= 4 is 10.0 Å². The van der Waals surface area contributed by atoms with Crippen LogP contribution in [-0.2, 0) is 17.1 Å². The lowest BCUT2D eigenvalue weighted by Crippen LogP contribution is -2.38. The van der Waals surface area contributed by atoms with Crippen LogP contribution < -0.4 is 5.32 Å². The lowest BCUT2D eigenvalue weighted by Gasteiger charge is -2.25. The Kier molecular flexibility index (Phi) is 4.59. The second kappa shape index (κ2) is 6.02. The lowest BCUT2D eigenvalue weighted by molar-refractivity contribution is 0.350. The average Bonchev–Trinajstić information content (AvgIpc) is 2.84. The minimum Gasteiger partial charge on any atom is -0.314 e. The summed E-state index contributed by atoms with van der Waals surface area (Å²) >= 11 is 0. The van der Waals surface area contributed by atoms with Crippen molar-refractivity contribution in [1.82, 2.24) is 19.4 Å². The van der Waals surface area contributed by atoms with Crippen molar-refractivity contribution in [3.05, 3.63) is 12.3 Å². The second-order valence-corrected chi connectivity index (χ2v) is 7.05. The van der Waals surface area contributed by atoms with Crippen molar-refractivity contribution in [2.24, 2.45) is 7.05 Å². The number of piperidine rings is 1. The predicted molar refractivity (Wildman–Crippen MR) is 73.3 cm³/mol. The van der Waals surface area contributed by atoms with Crippen molar-refractivity contribution < 1.29 is 8.42 Å². The molecule has 19 heavy (non-hydrogen) atoms. The van der Waals surface area contributed by atoms with Gasteiger partial charge < -0.3 is 5.32 Å². The zero-order valence-electron chi connectivity index (χ0n) is 11.5. The fourth-order valence-corrected chi connectivity index (χ4v) is 3.68. The number of aromatic nitrogens is 2.